The zero-order valence-electron chi connectivity index (χ0n) is 12.5. The third kappa shape index (κ3) is 3.77. The highest BCUT2D eigenvalue weighted by molar-refractivity contribution is 5.82. The summed E-state index contributed by atoms with van der Waals surface area (Å²) in [6, 6.07) is 10.7. The van der Waals surface area contributed by atoms with Crippen LogP contribution in [0.2, 0.25) is 0 Å². The highest BCUT2D eigenvalue weighted by atomic mass is 16.6. The normalized spacial score (nSPS) is 10.5. The number of hydrogen-bond donors (Lipinski definition) is 4. The second kappa shape index (κ2) is 7.57. The van der Waals surface area contributed by atoms with Crippen LogP contribution in [0.3, 0.4) is 0 Å². The lowest BCUT2D eigenvalue weighted by atomic mass is 9.97. The first kappa shape index (κ1) is 16.7. The van der Waals surface area contributed by atoms with Crippen LogP contribution in [-0.4, -0.2) is 28.4 Å². The van der Waals surface area contributed by atoms with Crippen molar-refractivity contribution in [3.05, 3.63) is 57.6 Å². The van der Waals surface area contributed by atoms with Gasteiger partial charge in [-0.3, -0.25) is 10.1 Å². The molecule has 0 aromatic heterocycles. The van der Waals surface area contributed by atoms with Crippen LogP contribution in [0.25, 0.3) is 0 Å². The molecule has 0 fully saturated rings. The van der Waals surface area contributed by atoms with Gasteiger partial charge in [-0.1, -0.05) is 18.2 Å². The Bertz CT molecular complexity index is 689. The topological polar surface area (TPSA) is 122 Å². The fourth-order valence-corrected chi connectivity index (χ4v) is 2.51. The first-order valence-corrected chi connectivity index (χ1v) is 7.21. The zero-order chi connectivity index (χ0) is 16.8. The monoisotopic (exact) mass is 317 g/mol. The van der Waals surface area contributed by atoms with Gasteiger partial charge >= 0.3 is 5.69 Å². The van der Waals surface area contributed by atoms with Crippen LogP contribution in [0, 0.1) is 10.1 Å². The van der Waals surface area contributed by atoms with E-state index >= 15 is 0 Å². The van der Waals surface area contributed by atoms with E-state index in [-0.39, 0.29) is 36.7 Å². The van der Waals surface area contributed by atoms with Gasteiger partial charge < -0.3 is 21.3 Å². The molecule has 0 saturated carbocycles. The van der Waals surface area contributed by atoms with E-state index in [1.165, 1.54) is 0 Å². The number of rotatable bonds is 7. The van der Waals surface area contributed by atoms with Gasteiger partial charge in [0.1, 0.15) is 11.4 Å². The number of anilines is 3. The minimum Gasteiger partial charge on any atom is -0.396 e. The first-order chi connectivity index (χ1) is 11.1. The van der Waals surface area contributed by atoms with E-state index in [1.807, 2.05) is 18.2 Å². The molecular formula is C16H19N3O4. The maximum absolute atomic E-state index is 11.4. The molecule has 7 heteroatoms. The number of para-hydroxylation sites is 1. The third-order valence-corrected chi connectivity index (χ3v) is 3.52. The Labute approximate surface area is 133 Å². The van der Waals surface area contributed by atoms with Gasteiger partial charge in [0.25, 0.3) is 0 Å². The minimum absolute atomic E-state index is 0.0217. The van der Waals surface area contributed by atoms with Gasteiger partial charge in [0, 0.05) is 18.9 Å². The van der Waals surface area contributed by atoms with Crippen molar-refractivity contribution in [1.82, 2.24) is 0 Å². The van der Waals surface area contributed by atoms with Gasteiger partial charge in [-0.15, -0.1) is 0 Å². The molecule has 7 nitrogen and oxygen atoms in total. The molecule has 0 bridgehead atoms. The molecule has 0 atom stereocenters. The molecule has 5 N–H and O–H groups in total. The van der Waals surface area contributed by atoms with Crippen LogP contribution in [-0.2, 0) is 12.8 Å². The van der Waals surface area contributed by atoms with Crippen LogP contribution < -0.4 is 11.1 Å². The molecule has 0 aliphatic carbocycles. The summed E-state index contributed by atoms with van der Waals surface area (Å²) in [4.78, 5) is 10.9. The predicted octanol–water partition coefficient (Wildman–Crippen LogP) is 1.99. The number of nitrogen functional groups attached to an aromatic ring is 1. The van der Waals surface area contributed by atoms with Crippen LogP contribution >= 0.6 is 0 Å². The van der Waals surface area contributed by atoms with E-state index in [4.69, 9.17) is 10.8 Å². The van der Waals surface area contributed by atoms with Gasteiger partial charge in [0.2, 0.25) is 0 Å². The van der Waals surface area contributed by atoms with Crippen LogP contribution in [0.15, 0.2) is 36.4 Å². The Kier molecular flexibility index (Phi) is 5.51. The second-order valence-electron chi connectivity index (χ2n) is 5.02. The summed E-state index contributed by atoms with van der Waals surface area (Å²) >= 11 is 0. The van der Waals surface area contributed by atoms with E-state index in [9.17, 15) is 15.2 Å². The average molecular weight is 317 g/mol. The number of nitrogens with one attached hydrogen (secondary N) is 1. The van der Waals surface area contributed by atoms with Crippen molar-refractivity contribution < 1.29 is 15.1 Å². The van der Waals surface area contributed by atoms with Crippen molar-refractivity contribution in [2.24, 2.45) is 0 Å². The lowest BCUT2D eigenvalue weighted by Crippen LogP contribution is -2.10. The Morgan fingerprint density at radius 1 is 1.13 bits per heavy atom. The molecule has 2 aromatic rings. The molecule has 23 heavy (non-hydrogen) atoms. The molecule has 2 rings (SSSR count). The summed E-state index contributed by atoms with van der Waals surface area (Å²) in [5.74, 6) is 0. The summed E-state index contributed by atoms with van der Waals surface area (Å²) in [5, 5.41) is 32.8. The molecule has 2 aromatic carbocycles. The van der Waals surface area contributed by atoms with Crippen molar-refractivity contribution in [1.29, 1.82) is 0 Å². The molecule has 0 saturated heterocycles. The lowest BCUT2D eigenvalue weighted by Gasteiger charge is -2.16. The van der Waals surface area contributed by atoms with Crippen molar-refractivity contribution in [3.63, 3.8) is 0 Å². The fourth-order valence-electron chi connectivity index (χ4n) is 2.51. The van der Waals surface area contributed by atoms with Gasteiger partial charge in [-0.2, -0.15) is 0 Å². The molecule has 0 amide bonds. The van der Waals surface area contributed by atoms with E-state index in [1.54, 1.807) is 18.2 Å². The van der Waals surface area contributed by atoms with Crippen molar-refractivity contribution >= 4 is 22.7 Å². The van der Waals surface area contributed by atoms with Crippen molar-refractivity contribution in [2.75, 3.05) is 24.3 Å². The molecule has 0 spiro atoms. The molecule has 0 aliphatic heterocycles. The van der Waals surface area contributed by atoms with Gasteiger partial charge in [0.15, 0.2) is 0 Å². The smallest absolute Gasteiger partial charge is 0.315 e. The number of nitro groups is 1. The summed E-state index contributed by atoms with van der Waals surface area (Å²) in [5.41, 5.74) is 7.93. The molecule has 0 aliphatic rings. The minimum atomic E-state index is -0.537. The van der Waals surface area contributed by atoms with E-state index in [2.05, 4.69) is 5.32 Å². The Hall–Kier alpha value is -2.64. The maximum Gasteiger partial charge on any atom is 0.315 e. The number of nitrogens with two attached hydrogens (primary N) is 1. The van der Waals surface area contributed by atoms with Gasteiger partial charge in [0.05, 0.1) is 4.92 Å². The maximum atomic E-state index is 11.4. The predicted molar refractivity (Wildman–Crippen MR) is 88.8 cm³/mol. The molecular weight excluding hydrogens is 298 g/mol. The highest BCUT2D eigenvalue weighted by Gasteiger charge is 2.24. The Balaban J connectivity index is 2.57. The zero-order valence-corrected chi connectivity index (χ0v) is 12.5. The van der Waals surface area contributed by atoms with Crippen molar-refractivity contribution in [2.45, 2.75) is 12.8 Å². The number of benzene rings is 2. The molecule has 0 unspecified atom stereocenters. The second-order valence-corrected chi connectivity index (χ2v) is 5.02. The van der Waals surface area contributed by atoms with Crippen LogP contribution in [0.5, 0.6) is 0 Å². The van der Waals surface area contributed by atoms with Crippen molar-refractivity contribution in [3.8, 4) is 0 Å². The third-order valence-electron chi connectivity index (χ3n) is 3.52. The fraction of sp³-hybridized carbons (Fsp3) is 0.250. The Morgan fingerprint density at radius 2 is 1.78 bits per heavy atom. The van der Waals surface area contributed by atoms with Gasteiger partial charge in [-0.25, -0.2) is 0 Å². The summed E-state index contributed by atoms with van der Waals surface area (Å²) in [6.45, 7) is -0.286. The number of nitro benzene ring substituents is 1. The van der Waals surface area contributed by atoms with Gasteiger partial charge in [-0.05, 0) is 42.2 Å². The SMILES string of the molecule is Nc1c(CCO)c(CCO)cc(Nc2ccccc2)c1[N+](=O)[O-]. The lowest BCUT2D eigenvalue weighted by molar-refractivity contribution is -0.383. The highest BCUT2D eigenvalue weighted by Crippen LogP contribution is 2.38. The summed E-state index contributed by atoms with van der Waals surface area (Å²) in [6.07, 6.45) is 0.509. The number of aliphatic hydroxyl groups excluding tert-OH is 2. The molecule has 0 heterocycles. The Morgan fingerprint density at radius 3 is 2.35 bits per heavy atom. The molecule has 122 valence electrons. The number of aliphatic hydroxyl groups is 2. The van der Waals surface area contributed by atoms with Crippen LogP contribution in [0.4, 0.5) is 22.7 Å². The number of nitrogens with zero attached hydrogens (tertiary/aromatic N) is 1. The average Bonchev–Trinajstić information content (AvgIpc) is 2.52. The number of hydrogen-bond acceptors (Lipinski definition) is 6. The first-order valence-electron chi connectivity index (χ1n) is 7.21. The quantitative estimate of drug-likeness (QED) is 0.352. The summed E-state index contributed by atoms with van der Waals surface area (Å²) < 4.78 is 0. The van der Waals surface area contributed by atoms with E-state index in [0.29, 0.717) is 23.2 Å². The largest absolute Gasteiger partial charge is 0.396 e. The summed E-state index contributed by atoms with van der Waals surface area (Å²) in [7, 11) is 0. The molecule has 0 radical (unpaired) electrons. The standard InChI is InChI=1S/C16H19N3O4/c17-15-13(7-9-21)11(6-8-20)10-14(16(15)19(22)23)18-12-4-2-1-3-5-12/h1-5,10,18,20-21H,6-9,17H2. The van der Waals surface area contributed by atoms with Crippen LogP contribution in [0.1, 0.15) is 11.1 Å². The van der Waals surface area contributed by atoms with E-state index in [0.717, 1.165) is 0 Å². The van der Waals surface area contributed by atoms with E-state index < -0.39 is 4.92 Å².